The third kappa shape index (κ3) is 1.20. The first-order valence-corrected chi connectivity index (χ1v) is 4.91. The Bertz CT molecular complexity index is 582. The van der Waals surface area contributed by atoms with Gasteiger partial charge in [0.05, 0.1) is 11.3 Å². The summed E-state index contributed by atoms with van der Waals surface area (Å²) < 4.78 is 0. The number of pyridine rings is 1. The van der Waals surface area contributed by atoms with E-state index < -0.39 is 5.97 Å². The van der Waals surface area contributed by atoms with Crippen LogP contribution in [0, 0.1) is 0 Å². The average Bonchev–Trinajstić information content (AvgIpc) is 2.68. The molecule has 0 radical (unpaired) electrons. The Morgan fingerprint density at radius 3 is 3.12 bits per heavy atom. The SMILES string of the molecule is O=C(O)C1=C2Cc3cnccc3C=C2N=C1. The highest BCUT2D eigenvalue weighted by Gasteiger charge is 2.25. The fraction of sp³-hybridized carbons (Fsp3) is 0.0833. The van der Waals surface area contributed by atoms with Crippen LogP contribution in [-0.4, -0.2) is 22.3 Å². The predicted octanol–water partition coefficient (Wildman–Crippen LogP) is 1.44. The second-order valence-corrected chi connectivity index (χ2v) is 3.74. The number of aromatic nitrogens is 1. The summed E-state index contributed by atoms with van der Waals surface area (Å²) in [6.07, 6.45) is 7.41. The van der Waals surface area contributed by atoms with Crippen molar-refractivity contribution in [2.45, 2.75) is 6.42 Å². The minimum absolute atomic E-state index is 0.292. The number of nitrogens with zero attached hydrogens (tertiary/aromatic N) is 2. The third-order valence-electron chi connectivity index (χ3n) is 2.80. The van der Waals surface area contributed by atoms with Crippen molar-refractivity contribution in [1.29, 1.82) is 0 Å². The number of hydrogen-bond acceptors (Lipinski definition) is 3. The van der Waals surface area contributed by atoms with E-state index in [9.17, 15) is 4.79 Å². The number of fused-ring (bicyclic) bond motifs is 2. The van der Waals surface area contributed by atoms with Gasteiger partial charge in [-0.25, -0.2) is 4.79 Å². The maximum atomic E-state index is 11.0. The van der Waals surface area contributed by atoms with E-state index >= 15 is 0 Å². The second kappa shape index (κ2) is 3.13. The van der Waals surface area contributed by atoms with Gasteiger partial charge in [0.1, 0.15) is 0 Å². The first kappa shape index (κ1) is 9.03. The van der Waals surface area contributed by atoms with E-state index in [0.29, 0.717) is 12.0 Å². The predicted molar refractivity (Wildman–Crippen MR) is 59.1 cm³/mol. The van der Waals surface area contributed by atoms with Gasteiger partial charge in [-0.2, -0.15) is 0 Å². The monoisotopic (exact) mass is 212 g/mol. The van der Waals surface area contributed by atoms with Gasteiger partial charge in [-0.3, -0.25) is 9.98 Å². The normalized spacial score (nSPS) is 16.9. The van der Waals surface area contributed by atoms with Crippen molar-refractivity contribution >= 4 is 18.3 Å². The van der Waals surface area contributed by atoms with Gasteiger partial charge in [-0.15, -0.1) is 0 Å². The van der Waals surface area contributed by atoms with Crippen LogP contribution in [0.3, 0.4) is 0 Å². The van der Waals surface area contributed by atoms with Crippen molar-refractivity contribution in [2.75, 3.05) is 0 Å². The molecular weight excluding hydrogens is 204 g/mol. The van der Waals surface area contributed by atoms with E-state index in [2.05, 4.69) is 9.98 Å². The van der Waals surface area contributed by atoms with Crippen LogP contribution in [0.2, 0.25) is 0 Å². The van der Waals surface area contributed by atoms with Gasteiger partial charge in [0.25, 0.3) is 0 Å². The van der Waals surface area contributed by atoms with Crippen LogP contribution < -0.4 is 0 Å². The summed E-state index contributed by atoms with van der Waals surface area (Å²) in [5.74, 6) is -0.922. The molecule has 0 amide bonds. The summed E-state index contributed by atoms with van der Waals surface area (Å²) >= 11 is 0. The average molecular weight is 212 g/mol. The molecule has 1 aliphatic carbocycles. The molecule has 1 N–H and O–H groups in total. The quantitative estimate of drug-likeness (QED) is 0.766. The molecule has 2 heterocycles. The van der Waals surface area contributed by atoms with Gasteiger partial charge in [-0.05, 0) is 28.8 Å². The molecule has 0 saturated carbocycles. The number of hydrogen-bond donors (Lipinski definition) is 1. The number of aliphatic carboxylic acids is 1. The van der Waals surface area contributed by atoms with Crippen LogP contribution in [0.4, 0.5) is 0 Å². The highest BCUT2D eigenvalue weighted by atomic mass is 16.4. The van der Waals surface area contributed by atoms with Crippen LogP contribution >= 0.6 is 0 Å². The topological polar surface area (TPSA) is 62.5 Å². The first-order chi connectivity index (χ1) is 7.75. The van der Waals surface area contributed by atoms with Crippen LogP contribution in [0.25, 0.3) is 6.08 Å². The zero-order valence-corrected chi connectivity index (χ0v) is 8.34. The van der Waals surface area contributed by atoms with E-state index in [4.69, 9.17) is 5.11 Å². The van der Waals surface area contributed by atoms with E-state index in [-0.39, 0.29) is 0 Å². The highest BCUT2D eigenvalue weighted by molar-refractivity contribution is 6.12. The Morgan fingerprint density at radius 1 is 1.44 bits per heavy atom. The van der Waals surface area contributed by atoms with E-state index in [1.807, 2.05) is 12.1 Å². The van der Waals surface area contributed by atoms with E-state index in [1.54, 1.807) is 12.4 Å². The number of carboxylic acid groups (broad SMARTS) is 1. The number of aliphatic imine (C=N–C) groups is 1. The lowest BCUT2D eigenvalue weighted by molar-refractivity contribution is -0.132. The van der Waals surface area contributed by atoms with Crippen molar-refractivity contribution in [3.8, 4) is 0 Å². The van der Waals surface area contributed by atoms with Gasteiger partial charge in [0.2, 0.25) is 0 Å². The molecule has 0 unspecified atom stereocenters. The Hall–Kier alpha value is -2.23. The van der Waals surface area contributed by atoms with Crippen LogP contribution in [0.15, 0.2) is 40.3 Å². The van der Waals surface area contributed by atoms with Crippen molar-refractivity contribution in [2.24, 2.45) is 4.99 Å². The molecule has 0 spiro atoms. The van der Waals surface area contributed by atoms with Crippen molar-refractivity contribution in [3.63, 3.8) is 0 Å². The third-order valence-corrected chi connectivity index (χ3v) is 2.80. The summed E-state index contributed by atoms with van der Waals surface area (Å²) in [6.45, 7) is 0. The van der Waals surface area contributed by atoms with Gasteiger partial charge >= 0.3 is 5.97 Å². The van der Waals surface area contributed by atoms with Crippen molar-refractivity contribution < 1.29 is 9.90 Å². The number of carbonyl (C=O) groups is 1. The largest absolute Gasteiger partial charge is 0.478 e. The molecule has 1 aromatic heterocycles. The minimum Gasteiger partial charge on any atom is -0.478 e. The minimum atomic E-state index is -0.922. The molecule has 0 bridgehead atoms. The van der Waals surface area contributed by atoms with Crippen molar-refractivity contribution in [3.05, 3.63) is 46.4 Å². The summed E-state index contributed by atoms with van der Waals surface area (Å²) in [7, 11) is 0. The van der Waals surface area contributed by atoms with Gasteiger partial charge in [-0.1, -0.05) is 0 Å². The Labute approximate surface area is 91.7 Å². The molecule has 78 valence electrons. The lowest BCUT2D eigenvalue weighted by Crippen LogP contribution is -2.07. The Kier molecular flexibility index (Phi) is 1.77. The molecule has 4 heteroatoms. The summed E-state index contributed by atoms with van der Waals surface area (Å²) in [6, 6.07) is 1.91. The Balaban J connectivity index is 2.17. The molecule has 1 aromatic rings. The molecule has 0 aromatic carbocycles. The van der Waals surface area contributed by atoms with Gasteiger partial charge in [0.15, 0.2) is 0 Å². The smallest absolute Gasteiger partial charge is 0.337 e. The molecule has 0 fully saturated rings. The Morgan fingerprint density at radius 2 is 2.31 bits per heavy atom. The second-order valence-electron chi connectivity index (χ2n) is 3.74. The maximum Gasteiger partial charge on any atom is 0.337 e. The van der Waals surface area contributed by atoms with Crippen molar-refractivity contribution in [1.82, 2.24) is 4.98 Å². The zero-order chi connectivity index (χ0) is 11.1. The molecule has 3 rings (SSSR count). The van der Waals surface area contributed by atoms with E-state index in [0.717, 1.165) is 22.4 Å². The lowest BCUT2D eigenvalue weighted by Gasteiger charge is -2.14. The molecule has 1 aliphatic heterocycles. The summed E-state index contributed by atoms with van der Waals surface area (Å²) in [4.78, 5) is 19.1. The fourth-order valence-corrected chi connectivity index (χ4v) is 1.99. The zero-order valence-electron chi connectivity index (χ0n) is 8.34. The van der Waals surface area contributed by atoms with Crippen LogP contribution in [0.5, 0.6) is 0 Å². The van der Waals surface area contributed by atoms with Crippen LogP contribution in [0.1, 0.15) is 11.1 Å². The van der Waals surface area contributed by atoms with Gasteiger partial charge < -0.3 is 5.11 Å². The molecule has 4 nitrogen and oxygen atoms in total. The van der Waals surface area contributed by atoms with E-state index in [1.165, 1.54) is 6.21 Å². The molecule has 0 saturated heterocycles. The molecule has 16 heavy (non-hydrogen) atoms. The summed E-state index contributed by atoms with van der Waals surface area (Å²) in [5, 5.41) is 9.01. The number of carboxylic acids is 1. The molecule has 2 aliphatic rings. The fourth-order valence-electron chi connectivity index (χ4n) is 1.99. The standard InChI is InChI=1S/C12H8N2O2/c15-12(16)10-6-14-11-4-7-1-2-13-5-8(7)3-9(10)11/h1-2,4-6H,3H2,(H,15,16). The first-order valence-electron chi connectivity index (χ1n) is 4.91. The lowest BCUT2D eigenvalue weighted by atomic mass is 9.91. The van der Waals surface area contributed by atoms with Crippen LogP contribution in [-0.2, 0) is 11.2 Å². The van der Waals surface area contributed by atoms with Gasteiger partial charge in [0, 0.05) is 25.0 Å². The molecule has 0 atom stereocenters. The summed E-state index contributed by atoms with van der Waals surface area (Å²) in [5.41, 5.74) is 3.95. The number of rotatable bonds is 1. The highest BCUT2D eigenvalue weighted by Crippen LogP contribution is 2.33. The number of allylic oxidation sites excluding steroid dienone is 1. The maximum absolute atomic E-state index is 11.0. The molecular formula is C12H8N2O2.